The van der Waals surface area contributed by atoms with Gasteiger partial charge in [-0.1, -0.05) is 42.5 Å². The summed E-state index contributed by atoms with van der Waals surface area (Å²) < 4.78 is 0. The Kier molecular flexibility index (Phi) is 6.08. The normalized spacial score (nSPS) is 11.9. The van der Waals surface area contributed by atoms with E-state index in [1.807, 2.05) is 0 Å². The topological polar surface area (TPSA) is 129 Å². The van der Waals surface area contributed by atoms with Gasteiger partial charge in [-0.15, -0.1) is 0 Å². The van der Waals surface area contributed by atoms with Gasteiger partial charge in [-0.05, 0) is 30.3 Å². The number of carbonyl (C=O) groups is 2. The van der Waals surface area contributed by atoms with E-state index >= 15 is 0 Å². The molecule has 0 radical (unpaired) electrons. The lowest BCUT2D eigenvalue weighted by Gasteiger charge is -2.18. The molecule has 158 valence electrons. The van der Waals surface area contributed by atoms with E-state index in [0.717, 1.165) is 0 Å². The van der Waals surface area contributed by atoms with Crippen molar-refractivity contribution in [3.05, 3.63) is 106 Å². The summed E-state index contributed by atoms with van der Waals surface area (Å²) in [5.41, 5.74) is 3.12. The Bertz CT molecular complexity index is 1340. The Balaban J connectivity index is 1.68. The van der Waals surface area contributed by atoms with Crippen LogP contribution < -0.4 is 16.3 Å². The Hall–Kier alpha value is -4.66. The lowest BCUT2D eigenvalue weighted by Crippen LogP contribution is -2.40. The van der Waals surface area contributed by atoms with Gasteiger partial charge in [-0.25, -0.2) is 10.5 Å². The van der Waals surface area contributed by atoms with Gasteiger partial charge in [0.15, 0.2) is 6.04 Å². The largest absolute Gasteiger partial charge is 0.335 e. The van der Waals surface area contributed by atoms with Gasteiger partial charge in [0.2, 0.25) is 0 Å². The summed E-state index contributed by atoms with van der Waals surface area (Å²) in [6.45, 7) is 0. The lowest BCUT2D eigenvalue weighted by molar-refractivity contribution is -0.123. The number of hydrazone groups is 1. The van der Waals surface area contributed by atoms with Crippen molar-refractivity contribution in [3.63, 3.8) is 0 Å². The van der Waals surface area contributed by atoms with Crippen LogP contribution in [0.5, 0.6) is 0 Å². The summed E-state index contributed by atoms with van der Waals surface area (Å²) in [6.07, 6.45) is 2.98. The molecule has 0 aliphatic heterocycles. The van der Waals surface area contributed by atoms with Crippen LogP contribution in [0, 0.1) is 0 Å². The number of carbonyl (C=O) groups excluding carboxylic acids is 2. The van der Waals surface area contributed by atoms with Crippen molar-refractivity contribution in [3.8, 4) is 0 Å². The van der Waals surface area contributed by atoms with E-state index < -0.39 is 23.4 Å². The summed E-state index contributed by atoms with van der Waals surface area (Å²) in [5.74, 6) is -1.11. The molecule has 2 heterocycles. The standard InChI is InChI=1S/C23H18N6O3/c30-21(15-8-2-1-3-9-15)26-20(23(32)28-25-14-16-10-6-7-13-24-16)19-17-11-4-5-12-18(17)22(31)29-27-19/h1-14,20H,(H,26,30)(H,28,32)(H,29,31)/b25-14-/t20-/m0/s1. The third kappa shape index (κ3) is 4.57. The van der Waals surface area contributed by atoms with E-state index in [2.05, 4.69) is 31.0 Å². The third-order valence-electron chi connectivity index (χ3n) is 4.63. The van der Waals surface area contributed by atoms with E-state index in [9.17, 15) is 14.4 Å². The zero-order chi connectivity index (χ0) is 22.3. The number of nitrogens with zero attached hydrogens (tertiary/aromatic N) is 3. The van der Waals surface area contributed by atoms with E-state index in [4.69, 9.17) is 0 Å². The average molecular weight is 426 g/mol. The van der Waals surface area contributed by atoms with Gasteiger partial charge < -0.3 is 5.32 Å². The molecule has 0 spiro atoms. The maximum atomic E-state index is 13.0. The van der Waals surface area contributed by atoms with Crippen molar-refractivity contribution >= 4 is 28.8 Å². The van der Waals surface area contributed by atoms with E-state index in [1.165, 1.54) is 6.21 Å². The summed E-state index contributed by atoms with van der Waals surface area (Å²) >= 11 is 0. The van der Waals surface area contributed by atoms with Crippen LogP contribution in [-0.4, -0.2) is 33.2 Å². The first-order valence-corrected chi connectivity index (χ1v) is 9.70. The van der Waals surface area contributed by atoms with Crippen molar-refractivity contribution in [2.24, 2.45) is 5.10 Å². The van der Waals surface area contributed by atoms with Crippen LogP contribution in [0.2, 0.25) is 0 Å². The molecule has 0 aliphatic rings. The molecule has 0 saturated carbocycles. The van der Waals surface area contributed by atoms with Crippen LogP contribution >= 0.6 is 0 Å². The quantitative estimate of drug-likeness (QED) is 0.321. The maximum absolute atomic E-state index is 13.0. The molecule has 32 heavy (non-hydrogen) atoms. The number of nitrogens with one attached hydrogen (secondary N) is 3. The number of amides is 2. The molecule has 0 bridgehead atoms. The molecule has 2 amide bonds. The second-order valence-corrected chi connectivity index (χ2v) is 6.74. The summed E-state index contributed by atoms with van der Waals surface area (Å²) in [5, 5.41) is 13.9. The first kappa shape index (κ1) is 20.6. The molecule has 9 nitrogen and oxygen atoms in total. The molecule has 2 aromatic heterocycles. The zero-order valence-corrected chi connectivity index (χ0v) is 16.7. The Morgan fingerprint density at radius 3 is 2.41 bits per heavy atom. The van der Waals surface area contributed by atoms with Gasteiger partial charge in [0.1, 0.15) is 5.69 Å². The smallest absolute Gasteiger partial charge is 0.272 e. The van der Waals surface area contributed by atoms with Gasteiger partial charge in [-0.2, -0.15) is 10.2 Å². The summed E-state index contributed by atoms with van der Waals surface area (Å²) in [6, 6.07) is 19.2. The molecular weight excluding hydrogens is 408 g/mol. The van der Waals surface area contributed by atoms with Crippen molar-refractivity contribution in [2.45, 2.75) is 6.04 Å². The van der Waals surface area contributed by atoms with Crippen LogP contribution in [0.4, 0.5) is 0 Å². The molecule has 0 fully saturated rings. The van der Waals surface area contributed by atoms with Gasteiger partial charge in [0.05, 0.1) is 17.3 Å². The van der Waals surface area contributed by atoms with Crippen LogP contribution in [0.1, 0.15) is 27.8 Å². The fourth-order valence-corrected chi connectivity index (χ4v) is 3.10. The Morgan fingerprint density at radius 2 is 1.66 bits per heavy atom. The van der Waals surface area contributed by atoms with Gasteiger partial charge in [-0.3, -0.25) is 19.4 Å². The molecule has 0 unspecified atom stereocenters. The molecule has 1 atom stereocenters. The highest BCUT2D eigenvalue weighted by Crippen LogP contribution is 2.20. The molecular formula is C23H18N6O3. The predicted molar refractivity (Wildman–Crippen MR) is 119 cm³/mol. The average Bonchev–Trinajstić information content (AvgIpc) is 2.84. The predicted octanol–water partition coefficient (Wildman–Crippen LogP) is 1.94. The highest BCUT2D eigenvalue weighted by molar-refractivity contribution is 5.99. The number of aromatic nitrogens is 3. The molecule has 3 N–H and O–H groups in total. The monoisotopic (exact) mass is 426 g/mol. The zero-order valence-electron chi connectivity index (χ0n) is 16.7. The molecule has 2 aromatic carbocycles. The Labute approximate surface area is 182 Å². The van der Waals surface area contributed by atoms with Crippen LogP contribution in [0.3, 0.4) is 0 Å². The van der Waals surface area contributed by atoms with Crippen LogP contribution in [-0.2, 0) is 4.79 Å². The fraction of sp³-hybridized carbons (Fsp3) is 0.0435. The van der Waals surface area contributed by atoms with Gasteiger partial charge >= 0.3 is 0 Å². The lowest BCUT2D eigenvalue weighted by atomic mass is 10.0. The maximum Gasteiger partial charge on any atom is 0.272 e. The Morgan fingerprint density at radius 1 is 0.938 bits per heavy atom. The second kappa shape index (κ2) is 9.43. The van der Waals surface area contributed by atoms with Crippen molar-refractivity contribution in [1.82, 2.24) is 25.9 Å². The minimum absolute atomic E-state index is 0.190. The molecule has 4 aromatic rings. The highest BCUT2D eigenvalue weighted by Gasteiger charge is 2.27. The molecule has 4 rings (SSSR count). The van der Waals surface area contributed by atoms with Crippen molar-refractivity contribution < 1.29 is 9.59 Å². The van der Waals surface area contributed by atoms with Crippen LogP contribution in [0.25, 0.3) is 10.8 Å². The second-order valence-electron chi connectivity index (χ2n) is 6.74. The first-order valence-electron chi connectivity index (χ1n) is 9.70. The number of pyridine rings is 1. The van der Waals surface area contributed by atoms with Gasteiger partial charge in [0.25, 0.3) is 17.4 Å². The van der Waals surface area contributed by atoms with E-state index in [-0.39, 0.29) is 5.69 Å². The van der Waals surface area contributed by atoms with Crippen molar-refractivity contribution in [1.29, 1.82) is 0 Å². The van der Waals surface area contributed by atoms with Crippen LogP contribution in [0.15, 0.2) is 88.9 Å². The summed E-state index contributed by atoms with van der Waals surface area (Å²) in [7, 11) is 0. The SMILES string of the molecule is O=C(N[C@H](C(=O)N/N=C\c1ccccn1)c1n[nH]c(=O)c2ccccc12)c1ccccc1. The fourth-order valence-electron chi connectivity index (χ4n) is 3.10. The number of rotatable bonds is 6. The number of benzene rings is 2. The molecule has 0 saturated heterocycles. The van der Waals surface area contributed by atoms with Gasteiger partial charge in [0, 0.05) is 17.1 Å². The number of fused-ring (bicyclic) bond motifs is 1. The number of hydrogen-bond acceptors (Lipinski definition) is 6. The first-order chi connectivity index (χ1) is 15.6. The highest BCUT2D eigenvalue weighted by atomic mass is 16.2. The van der Waals surface area contributed by atoms with E-state index in [0.29, 0.717) is 22.0 Å². The third-order valence-corrected chi connectivity index (χ3v) is 4.63. The minimum atomic E-state index is -1.22. The number of hydrogen-bond donors (Lipinski definition) is 3. The van der Waals surface area contributed by atoms with Crippen molar-refractivity contribution in [2.75, 3.05) is 0 Å². The molecule has 9 heteroatoms. The number of H-pyrrole nitrogens is 1. The summed E-state index contributed by atoms with van der Waals surface area (Å²) in [4.78, 5) is 42.1. The minimum Gasteiger partial charge on any atom is -0.335 e. The van der Waals surface area contributed by atoms with E-state index in [1.54, 1.807) is 79.0 Å². The number of aromatic amines is 1. The molecule has 0 aliphatic carbocycles.